The Labute approximate surface area is 415 Å². The number of rotatable bonds is 11. The first kappa shape index (κ1) is 47.5. The fourth-order valence-electron chi connectivity index (χ4n) is 16.7. The summed E-state index contributed by atoms with van der Waals surface area (Å²) in [6.45, 7) is 14.3. The van der Waals surface area contributed by atoms with Crippen LogP contribution in [0.1, 0.15) is 182 Å². The van der Waals surface area contributed by atoms with Crippen LogP contribution in [0.3, 0.4) is 0 Å². The Morgan fingerprint density at radius 1 is 0.594 bits per heavy atom. The topological polar surface area (TPSA) is 24.7 Å². The normalized spacial score (nSPS) is 43.1. The summed E-state index contributed by atoms with van der Waals surface area (Å²) in [5.41, 5.74) is 6.69. The van der Waals surface area contributed by atoms with Crippen LogP contribution in [-0.2, 0) is 9.47 Å². The third-order valence-electron chi connectivity index (χ3n) is 20.3. The average molecular weight is 1070 g/mol. The van der Waals surface area contributed by atoms with Crippen LogP contribution in [0.15, 0.2) is 45.6 Å². The van der Waals surface area contributed by atoms with Crippen molar-refractivity contribution in [2.75, 3.05) is 26.3 Å². The molecule has 10 aliphatic rings. The van der Waals surface area contributed by atoms with Crippen molar-refractivity contribution in [2.45, 2.75) is 216 Å². The van der Waals surface area contributed by atoms with Crippen molar-refractivity contribution in [3.63, 3.8) is 0 Å². The number of alkyl halides is 2. The van der Waals surface area contributed by atoms with Gasteiger partial charge in [-0.25, -0.2) is 4.58 Å². The summed E-state index contributed by atoms with van der Waals surface area (Å²) in [4.78, 5) is 4.27. The smallest absolute Gasteiger partial charge is 0.182 e. The summed E-state index contributed by atoms with van der Waals surface area (Å²) in [6, 6.07) is 1.31. The first-order chi connectivity index (χ1) is 31.0. The molecule has 1 saturated heterocycles. The molecule has 10 unspecified atom stereocenters. The van der Waals surface area contributed by atoms with E-state index in [0.29, 0.717) is 45.8 Å². The molecular weight excluding hydrogens is 984 g/mol. The van der Waals surface area contributed by atoms with Crippen LogP contribution in [0.25, 0.3) is 0 Å². The Kier molecular flexibility index (Phi) is 15.0. The summed E-state index contributed by atoms with van der Waals surface area (Å²) in [5.74, 6) is 6.41. The standard InChI is InChI=1S/C57H86Br3N2O2/c1-56(2)49-33-37-11-5-7-13-39(37)35-51(49)61(29-31-63-43-21-17-41(58)18-22-43)53(56)27-25-47-45-15-9-10-16-46(45)48(55(47)60)26-28-54-57(3,4)50-34-38-12-6-8-14-40(38)36-52(50)62(54)30-32-64-44-23-19-42(59)20-24-44/h25-28,37-46,49-52H,5-24,29-36H2,1-4H3/q+1. The first-order valence-corrected chi connectivity index (χ1v) is 30.0. The maximum atomic E-state index is 6.73. The molecule has 2 heterocycles. The lowest BCUT2D eigenvalue weighted by molar-refractivity contribution is -0.571. The van der Waals surface area contributed by atoms with E-state index in [2.05, 4.69) is 109 Å². The van der Waals surface area contributed by atoms with E-state index in [1.165, 1.54) is 159 Å². The molecule has 0 aromatic carbocycles. The Morgan fingerprint density at radius 3 is 1.78 bits per heavy atom. The van der Waals surface area contributed by atoms with Gasteiger partial charge in [0.1, 0.15) is 6.61 Å². The number of hydrogen-bond acceptors (Lipinski definition) is 3. The number of ether oxygens (including phenoxy) is 2. The van der Waals surface area contributed by atoms with Gasteiger partial charge in [-0.1, -0.05) is 132 Å². The molecule has 0 aromatic rings. The van der Waals surface area contributed by atoms with Crippen molar-refractivity contribution in [1.29, 1.82) is 0 Å². The van der Waals surface area contributed by atoms with Crippen molar-refractivity contribution < 1.29 is 14.0 Å². The molecule has 10 rings (SSSR count). The largest absolute Gasteiger partial charge is 0.376 e. The molecule has 0 N–H and O–H groups in total. The first-order valence-electron chi connectivity index (χ1n) is 27.4. The Balaban J connectivity index is 0.946. The highest BCUT2D eigenvalue weighted by Gasteiger charge is 2.58. The van der Waals surface area contributed by atoms with E-state index in [1.54, 1.807) is 22.6 Å². The van der Waals surface area contributed by atoms with Crippen LogP contribution in [0.4, 0.5) is 0 Å². The predicted molar refractivity (Wildman–Crippen MR) is 277 cm³/mol. The summed E-state index contributed by atoms with van der Waals surface area (Å²) >= 11 is 12.2. The monoisotopic (exact) mass is 1070 g/mol. The molecule has 64 heavy (non-hydrogen) atoms. The van der Waals surface area contributed by atoms with Crippen LogP contribution >= 0.6 is 47.8 Å². The Bertz CT molecular complexity index is 1810. The van der Waals surface area contributed by atoms with E-state index < -0.39 is 0 Å². The van der Waals surface area contributed by atoms with E-state index in [4.69, 9.17) is 9.47 Å². The van der Waals surface area contributed by atoms with Gasteiger partial charge in [0.05, 0.1) is 24.2 Å². The van der Waals surface area contributed by atoms with Gasteiger partial charge in [-0.15, -0.1) is 0 Å². The number of fused-ring (bicyclic) bond motifs is 5. The fourth-order valence-corrected chi connectivity index (χ4v) is 18.7. The minimum atomic E-state index is 0.168. The zero-order valence-electron chi connectivity index (χ0n) is 40.5. The van der Waals surface area contributed by atoms with Crippen LogP contribution in [0.5, 0.6) is 0 Å². The van der Waals surface area contributed by atoms with Gasteiger partial charge in [-0.05, 0) is 162 Å². The molecule has 0 spiro atoms. The Hall–Kier alpha value is -0.210. The van der Waals surface area contributed by atoms with Crippen molar-refractivity contribution in [2.24, 2.45) is 58.2 Å². The highest BCUT2D eigenvalue weighted by molar-refractivity contribution is 9.12. The number of nitrogens with zero attached hydrogens (tertiary/aromatic N) is 2. The SMILES string of the molecule is CC1(C)C(/C=C/C2=C(Br)C(=C/C=C3/N(CCOC4CCC(Br)CC4)C4CC5CCCCC5CC4C3(C)C)/C3CCCCC23)=[N+](CCOC2CCC(Br)CC2)C2CC3CCCCC3CC21. The molecule has 8 fully saturated rings. The second kappa shape index (κ2) is 20.3. The van der Waals surface area contributed by atoms with Gasteiger partial charge in [-0.2, -0.15) is 0 Å². The van der Waals surface area contributed by atoms with Gasteiger partial charge in [0.25, 0.3) is 0 Å². The molecule has 7 heteroatoms. The summed E-state index contributed by atoms with van der Waals surface area (Å²) in [6.07, 6.45) is 43.8. The molecule has 8 aliphatic carbocycles. The van der Waals surface area contributed by atoms with Gasteiger partial charge >= 0.3 is 0 Å². The zero-order chi connectivity index (χ0) is 44.2. The molecule has 2 aliphatic heterocycles. The van der Waals surface area contributed by atoms with E-state index in [9.17, 15) is 0 Å². The van der Waals surface area contributed by atoms with E-state index in [-0.39, 0.29) is 10.8 Å². The lowest BCUT2D eigenvalue weighted by atomic mass is 9.60. The van der Waals surface area contributed by atoms with Crippen LogP contribution in [-0.4, -0.2) is 75.4 Å². The lowest BCUT2D eigenvalue weighted by Gasteiger charge is -2.45. The number of hydrogen-bond donors (Lipinski definition) is 0. The van der Waals surface area contributed by atoms with Gasteiger partial charge in [0, 0.05) is 56.3 Å². The van der Waals surface area contributed by atoms with Crippen LogP contribution in [0.2, 0.25) is 0 Å². The maximum absolute atomic E-state index is 6.73. The summed E-state index contributed by atoms with van der Waals surface area (Å²) in [7, 11) is 0. The molecule has 4 nitrogen and oxygen atoms in total. The van der Waals surface area contributed by atoms with Crippen molar-refractivity contribution in [3.05, 3.63) is 45.6 Å². The van der Waals surface area contributed by atoms with Gasteiger partial charge < -0.3 is 14.4 Å². The van der Waals surface area contributed by atoms with Crippen molar-refractivity contribution in [3.8, 4) is 0 Å². The molecule has 10 atom stereocenters. The molecule has 0 aromatic heterocycles. The third kappa shape index (κ3) is 9.53. The molecular formula is C57H86Br3N2O2+. The quantitative estimate of drug-likeness (QED) is 0.152. The van der Waals surface area contributed by atoms with Crippen molar-refractivity contribution in [1.82, 2.24) is 4.90 Å². The minimum Gasteiger partial charge on any atom is -0.376 e. The van der Waals surface area contributed by atoms with E-state index in [0.717, 1.165) is 61.8 Å². The molecule has 7 saturated carbocycles. The Morgan fingerprint density at radius 2 is 1.14 bits per heavy atom. The second-order valence-electron chi connectivity index (χ2n) is 24.4. The minimum absolute atomic E-state index is 0.168. The molecule has 0 bridgehead atoms. The molecule has 0 amide bonds. The van der Waals surface area contributed by atoms with Gasteiger partial charge in [0.15, 0.2) is 18.3 Å². The predicted octanol–water partition coefficient (Wildman–Crippen LogP) is 15.3. The van der Waals surface area contributed by atoms with E-state index in [1.807, 2.05) is 0 Å². The summed E-state index contributed by atoms with van der Waals surface area (Å²) < 4.78 is 17.8. The average Bonchev–Trinajstić information content (AvgIpc) is 3.77. The molecule has 356 valence electrons. The second-order valence-corrected chi connectivity index (χ2v) is 27.8. The fraction of sp³-hybridized carbons (Fsp3) is 0.842. The van der Waals surface area contributed by atoms with E-state index >= 15 is 0 Å². The zero-order valence-corrected chi connectivity index (χ0v) is 45.3. The maximum Gasteiger partial charge on any atom is 0.182 e. The third-order valence-corrected chi connectivity index (χ3v) is 23.1. The van der Waals surface area contributed by atoms with Gasteiger partial charge in [0.2, 0.25) is 0 Å². The summed E-state index contributed by atoms with van der Waals surface area (Å²) in [5, 5.41) is 0. The molecule has 0 radical (unpaired) electrons. The van der Waals surface area contributed by atoms with Crippen LogP contribution < -0.4 is 0 Å². The highest BCUT2D eigenvalue weighted by Crippen LogP contribution is 2.59. The lowest BCUT2D eigenvalue weighted by Crippen LogP contribution is -2.43. The van der Waals surface area contributed by atoms with Crippen LogP contribution in [0, 0.1) is 58.2 Å². The van der Waals surface area contributed by atoms with Gasteiger partial charge in [-0.3, -0.25) is 0 Å². The number of likely N-dealkylation sites (tertiary alicyclic amines) is 1. The van der Waals surface area contributed by atoms with Crippen molar-refractivity contribution >= 4 is 53.5 Å². The number of allylic oxidation sites excluding steroid dienone is 8. The highest BCUT2D eigenvalue weighted by atomic mass is 79.9. The number of halogens is 3.